The number of hydrogen-bond acceptors (Lipinski definition) is 5. The molecule has 0 unspecified atom stereocenters. The van der Waals surface area contributed by atoms with Crippen LogP contribution < -0.4 is 0 Å². The van der Waals surface area contributed by atoms with E-state index < -0.39 is 0 Å². The van der Waals surface area contributed by atoms with Crippen molar-refractivity contribution in [3.05, 3.63) is 123 Å². The average molecular weight is 481 g/mol. The van der Waals surface area contributed by atoms with E-state index in [2.05, 4.69) is 65.5 Å². The standard InChI is InChI=1S/C29H20N8/c1-2-13-31-25(5-1)26-19-37(24-10-11-27(33-18-24)35-17-15-30-20-35)29(34-26)22-6-8-23(9-7-22)36-16-12-21-4-3-14-32-28(21)36/h1-20H. The van der Waals surface area contributed by atoms with Gasteiger partial charge in [-0.15, -0.1) is 0 Å². The van der Waals surface area contributed by atoms with Gasteiger partial charge in [-0.1, -0.05) is 6.07 Å². The largest absolute Gasteiger partial charge is 0.301 e. The molecule has 1 aromatic carbocycles. The van der Waals surface area contributed by atoms with Gasteiger partial charge in [0.1, 0.15) is 29.3 Å². The van der Waals surface area contributed by atoms with Crippen molar-refractivity contribution >= 4 is 11.0 Å². The molecule has 7 rings (SSSR count). The Hall–Kier alpha value is -5.37. The summed E-state index contributed by atoms with van der Waals surface area (Å²) in [6.45, 7) is 0. The van der Waals surface area contributed by atoms with Gasteiger partial charge in [0.15, 0.2) is 0 Å². The van der Waals surface area contributed by atoms with E-state index in [1.54, 1.807) is 18.7 Å². The maximum Gasteiger partial charge on any atom is 0.145 e. The summed E-state index contributed by atoms with van der Waals surface area (Å²) >= 11 is 0. The molecule has 0 saturated heterocycles. The molecular formula is C29H20N8. The fourth-order valence-electron chi connectivity index (χ4n) is 4.43. The SMILES string of the molecule is c1ccc(-c2cn(-c3ccc(-n4ccnc4)nc3)c(-c3ccc(-n4ccc5cccnc54)cc3)n2)nc1. The zero-order chi connectivity index (χ0) is 24.6. The third kappa shape index (κ3) is 3.77. The van der Waals surface area contributed by atoms with Crippen LogP contribution in [0.15, 0.2) is 123 Å². The van der Waals surface area contributed by atoms with Crippen LogP contribution in [-0.4, -0.2) is 38.6 Å². The van der Waals surface area contributed by atoms with Crippen LogP contribution in [-0.2, 0) is 0 Å². The van der Waals surface area contributed by atoms with E-state index in [0.29, 0.717) is 0 Å². The summed E-state index contributed by atoms with van der Waals surface area (Å²) in [4.78, 5) is 22.8. The lowest BCUT2D eigenvalue weighted by Gasteiger charge is -2.10. The molecule has 176 valence electrons. The summed E-state index contributed by atoms with van der Waals surface area (Å²) in [5.41, 5.74) is 5.45. The van der Waals surface area contributed by atoms with Gasteiger partial charge in [-0.05, 0) is 66.7 Å². The zero-order valence-corrected chi connectivity index (χ0v) is 19.6. The maximum atomic E-state index is 4.98. The van der Waals surface area contributed by atoms with E-state index in [-0.39, 0.29) is 0 Å². The molecule has 6 aromatic heterocycles. The number of fused-ring (bicyclic) bond motifs is 1. The normalized spacial score (nSPS) is 11.2. The second-order valence-electron chi connectivity index (χ2n) is 8.53. The first-order chi connectivity index (χ1) is 18.3. The summed E-state index contributed by atoms with van der Waals surface area (Å²) in [5, 5.41) is 1.11. The minimum atomic E-state index is 0.791. The molecule has 6 heterocycles. The smallest absolute Gasteiger partial charge is 0.145 e. The van der Waals surface area contributed by atoms with Crippen molar-refractivity contribution in [2.75, 3.05) is 0 Å². The monoisotopic (exact) mass is 480 g/mol. The molecule has 0 spiro atoms. The van der Waals surface area contributed by atoms with Crippen LogP contribution in [0.1, 0.15) is 0 Å². The summed E-state index contributed by atoms with van der Waals surface area (Å²) in [6, 6.07) is 24.2. The molecule has 0 bridgehead atoms. The van der Waals surface area contributed by atoms with E-state index in [4.69, 9.17) is 4.98 Å². The lowest BCUT2D eigenvalue weighted by molar-refractivity contribution is 0.973. The fraction of sp³-hybridized carbons (Fsp3) is 0. The van der Waals surface area contributed by atoms with Crippen molar-refractivity contribution in [2.45, 2.75) is 0 Å². The predicted octanol–water partition coefficient (Wildman–Crippen LogP) is 5.52. The zero-order valence-electron chi connectivity index (χ0n) is 19.6. The molecule has 37 heavy (non-hydrogen) atoms. The minimum Gasteiger partial charge on any atom is -0.301 e. The van der Waals surface area contributed by atoms with Crippen LogP contribution in [0.3, 0.4) is 0 Å². The first-order valence-corrected chi connectivity index (χ1v) is 11.8. The molecule has 0 N–H and O–H groups in total. The van der Waals surface area contributed by atoms with E-state index in [9.17, 15) is 0 Å². The molecule has 0 saturated carbocycles. The van der Waals surface area contributed by atoms with E-state index >= 15 is 0 Å². The lowest BCUT2D eigenvalue weighted by Crippen LogP contribution is -2.00. The van der Waals surface area contributed by atoms with E-state index in [1.165, 1.54) is 0 Å². The van der Waals surface area contributed by atoms with Crippen molar-refractivity contribution in [2.24, 2.45) is 0 Å². The molecule has 0 aliphatic carbocycles. The van der Waals surface area contributed by atoms with Crippen molar-refractivity contribution in [3.8, 4) is 40.0 Å². The molecule has 0 aliphatic heterocycles. The van der Waals surface area contributed by atoms with Gasteiger partial charge in [0.05, 0.1) is 17.6 Å². The second-order valence-corrected chi connectivity index (χ2v) is 8.53. The highest BCUT2D eigenvalue weighted by Gasteiger charge is 2.15. The topological polar surface area (TPSA) is 79.2 Å². The molecule has 8 nitrogen and oxygen atoms in total. The van der Waals surface area contributed by atoms with Gasteiger partial charge in [-0.3, -0.25) is 14.1 Å². The number of aromatic nitrogens is 8. The summed E-state index contributed by atoms with van der Waals surface area (Å²) in [5.74, 6) is 1.60. The number of imidazole rings is 2. The quantitative estimate of drug-likeness (QED) is 0.324. The highest BCUT2D eigenvalue weighted by atomic mass is 15.1. The van der Waals surface area contributed by atoms with Gasteiger partial charge in [0, 0.05) is 53.8 Å². The molecular weight excluding hydrogens is 460 g/mol. The first-order valence-electron chi connectivity index (χ1n) is 11.8. The van der Waals surface area contributed by atoms with Gasteiger partial charge in [0.2, 0.25) is 0 Å². The van der Waals surface area contributed by atoms with Gasteiger partial charge in [0.25, 0.3) is 0 Å². The molecule has 0 fully saturated rings. The Morgan fingerprint density at radius 1 is 0.622 bits per heavy atom. The van der Waals surface area contributed by atoms with Crippen molar-refractivity contribution in [1.29, 1.82) is 0 Å². The Labute approximate surface area is 212 Å². The summed E-state index contributed by atoms with van der Waals surface area (Å²) in [6.07, 6.45) is 14.8. The van der Waals surface area contributed by atoms with Crippen molar-refractivity contribution < 1.29 is 0 Å². The molecule has 8 heteroatoms. The number of pyridine rings is 3. The first kappa shape index (κ1) is 21.0. The van der Waals surface area contributed by atoms with Crippen molar-refractivity contribution in [3.63, 3.8) is 0 Å². The third-order valence-corrected chi connectivity index (χ3v) is 6.26. The number of benzene rings is 1. The van der Waals surface area contributed by atoms with Crippen LogP contribution in [0.5, 0.6) is 0 Å². The van der Waals surface area contributed by atoms with Gasteiger partial charge < -0.3 is 4.57 Å². The average Bonchev–Trinajstić information content (AvgIpc) is 3.74. The number of rotatable bonds is 5. The number of nitrogens with zero attached hydrogens (tertiary/aromatic N) is 8. The van der Waals surface area contributed by atoms with E-state index in [0.717, 1.165) is 51.0 Å². The van der Waals surface area contributed by atoms with Crippen LogP contribution in [0.25, 0.3) is 51.0 Å². The predicted molar refractivity (Wildman–Crippen MR) is 142 cm³/mol. The Balaban J connectivity index is 1.31. The van der Waals surface area contributed by atoms with Crippen LogP contribution in [0, 0.1) is 0 Å². The molecule has 0 atom stereocenters. The highest BCUT2D eigenvalue weighted by molar-refractivity contribution is 5.78. The van der Waals surface area contributed by atoms with Gasteiger partial charge in [-0.25, -0.2) is 19.9 Å². The fourth-order valence-corrected chi connectivity index (χ4v) is 4.43. The Morgan fingerprint density at radius 3 is 2.30 bits per heavy atom. The minimum absolute atomic E-state index is 0.791. The van der Waals surface area contributed by atoms with Crippen LogP contribution >= 0.6 is 0 Å². The van der Waals surface area contributed by atoms with E-state index in [1.807, 2.05) is 71.9 Å². The molecule has 0 aliphatic rings. The number of hydrogen-bond donors (Lipinski definition) is 0. The van der Waals surface area contributed by atoms with Gasteiger partial charge in [-0.2, -0.15) is 0 Å². The van der Waals surface area contributed by atoms with Gasteiger partial charge >= 0.3 is 0 Å². The summed E-state index contributed by atoms with van der Waals surface area (Å²) < 4.78 is 6.01. The summed E-state index contributed by atoms with van der Waals surface area (Å²) in [7, 11) is 0. The Kier molecular flexibility index (Phi) is 4.92. The molecule has 0 radical (unpaired) electrons. The molecule has 0 amide bonds. The lowest BCUT2D eigenvalue weighted by atomic mass is 10.2. The van der Waals surface area contributed by atoms with Crippen LogP contribution in [0.2, 0.25) is 0 Å². The van der Waals surface area contributed by atoms with Crippen molar-refractivity contribution in [1.82, 2.24) is 38.6 Å². The Bertz CT molecular complexity index is 1800. The highest BCUT2D eigenvalue weighted by Crippen LogP contribution is 2.28. The van der Waals surface area contributed by atoms with Crippen LogP contribution in [0.4, 0.5) is 0 Å². The third-order valence-electron chi connectivity index (χ3n) is 6.26. The Morgan fingerprint density at radius 2 is 1.51 bits per heavy atom. The molecule has 7 aromatic rings. The maximum absolute atomic E-state index is 4.98. The second kappa shape index (κ2) is 8.69.